The first-order chi connectivity index (χ1) is 7.22. The van der Waals surface area contributed by atoms with Gasteiger partial charge in [-0.2, -0.15) is 0 Å². The van der Waals surface area contributed by atoms with Crippen molar-refractivity contribution in [2.75, 3.05) is 13.1 Å². The molecule has 1 amide bonds. The first-order valence-corrected chi connectivity index (χ1v) is 5.98. The highest BCUT2D eigenvalue weighted by Gasteiger charge is 2.01. The van der Waals surface area contributed by atoms with Gasteiger partial charge in [-0.3, -0.25) is 4.79 Å². The number of nitrogens with zero attached hydrogens (tertiary/aromatic N) is 1. The summed E-state index contributed by atoms with van der Waals surface area (Å²) in [5.74, 6) is 0.0464. The Morgan fingerprint density at radius 1 is 1.60 bits per heavy atom. The second-order valence-corrected chi connectivity index (χ2v) is 4.28. The molecule has 15 heavy (non-hydrogen) atoms. The van der Waals surface area contributed by atoms with Gasteiger partial charge in [-0.15, -0.1) is 11.3 Å². The summed E-state index contributed by atoms with van der Waals surface area (Å²) in [4.78, 5) is 15.5. The molecule has 0 aromatic carbocycles. The van der Waals surface area contributed by atoms with Gasteiger partial charge in [0.05, 0.1) is 6.54 Å². The van der Waals surface area contributed by atoms with E-state index in [1.807, 2.05) is 19.2 Å². The Morgan fingerprint density at radius 2 is 2.40 bits per heavy atom. The minimum Gasteiger partial charge on any atom is -0.355 e. The summed E-state index contributed by atoms with van der Waals surface area (Å²) < 4.78 is 0. The molecule has 0 aliphatic heterocycles. The van der Waals surface area contributed by atoms with Crippen molar-refractivity contribution < 1.29 is 4.79 Å². The number of thiazole rings is 1. The van der Waals surface area contributed by atoms with Crippen molar-refractivity contribution in [2.45, 2.75) is 26.8 Å². The van der Waals surface area contributed by atoms with Crippen LogP contribution in [0.3, 0.4) is 0 Å². The molecule has 1 aromatic rings. The van der Waals surface area contributed by atoms with Crippen molar-refractivity contribution in [1.82, 2.24) is 15.6 Å². The van der Waals surface area contributed by atoms with Gasteiger partial charge in [0.15, 0.2) is 0 Å². The van der Waals surface area contributed by atoms with Crippen LogP contribution in [0.2, 0.25) is 0 Å². The highest BCUT2D eigenvalue weighted by Crippen LogP contribution is 2.07. The maximum atomic E-state index is 11.2. The molecule has 4 nitrogen and oxygen atoms in total. The molecule has 1 aromatic heterocycles. The van der Waals surface area contributed by atoms with E-state index in [2.05, 4.69) is 15.6 Å². The van der Waals surface area contributed by atoms with Crippen molar-refractivity contribution >= 4 is 17.2 Å². The molecule has 2 N–H and O–H groups in total. The van der Waals surface area contributed by atoms with E-state index >= 15 is 0 Å². The highest BCUT2D eigenvalue weighted by molar-refractivity contribution is 7.09. The summed E-state index contributed by atoms with van der Waals surface area (Å²) in [6.07, 6.45) is 0.970. The Labute approximate surface area is 94.1 Å². The van der Waals surface area contributed by atoms with Gasteiger partial charge in [0, 0.05) is 24.2 Å². The van der Waals surface area contributed by atoms with Gasteiger partial charge in [0.25, 0.3) is 0 Å². The fourth-order valence-corrected chi connectivity index (χ4v) is 1.84. The number of nitrogens with one attached hydrogen (secondary N) is 2. The van der Waals surface area contributed by atoms with Gasteiger partial charge in [-0.05, 0) is 13.3 Å². The van der Waals surface area contributed by atoms with Crippen LogP contribution in [0.15, 0.2) is 5.38 Å². The molecule has 0 saturated heterocycles. The van der Waals surface area contributed by atoms with Gasteiger partial charge in [0.2, 0.25) is 5.91 Å². The molecule has 84 valence electrons. The molecule has 0 spiro atoms. The van der Waals surface area contributed by atoms with E-state index in [0.29, 0.717) is 13.1 Å². The van der Waals surface area contributed by atoms with Gasteiger partial charge >= 0.3 is 0 Å². The van der Waals surface area contributed by atoms with E-state index in [-0.39, 0.29) is 5.91 Å². The summed E-state index contributed by atoms with van der Waals surface area (Å²) in [5.41, 5.74) is 1.03. The first kappa shape index (κ1) is 12.1. The lowest BCUT2D eigenvalue weighted by Crippen LogP contribution is -2.33. The fourth-order valence-electron chi connectivity index (χ4n) is 1.09. The molecule has 5 heteroatoms. The summed E-state index contributed by atoms with van der Waals surface area (Å²) >= 11 is 1.61. The number of hydrogen-bond donors (Lipinski definition) is 2. The molecule has 0 unspecified atom stereocenters. The SMILES string of the molecule is CCCNC(=O)CNCc1nc(C)cs1. The third-order valence-electron chi connectivity index (χ3n) is 1.80. The molecule has 0 atom stereocenters. The Balaban J connectivity index is 2.13. The molecular weight excluding hydrogens is 210 g/mol. The maximum absolute atomic E-state index is 11.2. The molecule has 1 rings (SSSR count). The predicted molar refractivity (Wildman–Crippen MR) is 61.9 cm³/mol. The summed E-state index contributed by atoms with van der Waals surface area (Å²) in [5, 5.41) is 8.90. The number of hydrogen-bond acceptors (Lipinski definition) is 4. The predicted octanol–water partition coefficient (Wildman–Crippen LogP) is 1.07. The molecule has 0 radical (unpaired) electrons. The van der Waals surface area contributed by atoms with Crippen LogP contribution in [0.25, 0.3) is 0 Å². The summed E-state index contributed by atoms with van der Waals surface area (Å²) in [6.45, 7) is 5.77. The number of rotatable bonds is 6. The van der Waals surface area contributed by atoms with Crippen molar-refractivity contribution in [3.8, 4) is 0 Å². The minimum absolute atomic E-state index is 0.0464. The normalized spacial score (nSPS) is 10.3. The molecule has 0 aliphatic rings. The third kappa shape index (κ3) is 4.90. The topological polar surface area (TPSA) is 54.0 Å². The van der Waals surface area contributed by atoms with E-state index in [1.54, 1.807) is 11.3 Å². The van der Waals surface area contributed by atoms with Crippen LogP contribution in [0, 0.1) is 6.92 Å². The summed E-state index contributed by atoms with van der Waals surface area (Å²) in [7, 11) is 0. The van der Waals surface area contributed by atoms with Crippen molar-refractivity contribution in [3.63, 3.8) is 0 Å². The monoisotopic (exact) mass is 227 g/mol. The van der Waals surface area contributed by atoms with Gasteiger partial charge < -0.3 is 10.6 Å². The standard InChI is InChI=1S/C10H17N3OS/c1-3-4-12-9(14)5-11-6-10-13-8(2)7-15-10/h7,11H,3-6H2,1-2H3,(H,12,14). The van der Waals surface area contributed by atoms with Gasteiger partial charge in [-0.1, -0.05) is 6.92 Å². The molecule has 0 fully saturated rings. The zero-order valence-corrected chi connectivity index (χ0v) is 9.99. The highest BCUT2D eigenvalue weighted by atomic mass is 32.1. The lowest BCUT2D eigenvalue weighted by atomic mass is 10.4. The number of carbonyl (C=O) groups excluding carboxylic acids is 1. The average molecular weight is 227 g/mol. The molecule has 1 heterocycles. The van der Waals surface area contributed by atoms with Crippen LogP contribution >= 0.6 is 11.3 Å². The minimum atomic E-state index is 0.0464. The zero-order valence-electron chi connectivity index (χ0n) is 9.17. The second-order valence-electron chi connectivity index (χ2n) is 3.34. The Morgan fingerprint density at radius 3 is 3.00 bits per heavy atom. The van der Waals surface area contributed by atoms with Crippen LogP contribution in [0.1, 0.15) is 24.0 Å². The van der Waals surface area contributed by atoms with E-state index in [4.69, 9.17) is 0 Å². The number of carbonyl (C=O) groups is 1. The average Bonchev–Trinajstić information content (AvgIpc) is 2.61. The fraction of sp³-hybridized carbons (Fsp3) is 0.600. The molecule has 0 saturated carbocycles. The Bertz CT molecular complexity index is 311. The Kier molecular flexibility index (Phi) is 5.28. The number of amides is 1. The quantitative estimate of drug-likeness (QED) is 0.764. The lowest BCUT2D eigenvalue weighted by molar-refractivity contribution is -0.120. The van der Waals surface area contributed by atoms with E-state index in [0.717, 1.165) is 23.7 Å². The smallest absolute Gasteiger partial charge is 0.233 e. The van der Waals surface area contributed by atoms with E-state index in [1.165, 1.54) is 0 Å². The van der Waals surface area contributed by atoms with Crippen LogP contribution < -0.4 is 10.6 Å². The van der Waals surface area contributed by atoms with E-state index in [9.17, 15) is 4.79 Å². The zero-order chi connectivity index (χ0) is 11.1. The van der Waals surface area contributed by atoms with Crippen molar-refractivity contribution in [1.29, 1.82) is 0 Å². The lowest BCUT2D eigenvalue weighted by Gasteiger charge is -2.03. The largest absolute Gasteiger partial charge is 0.355 e. The first-order valence-electron chi connectivity index (χ1n) is 5.10. The van der Waals surface area contributed by atoms with Crippen LogP contribution in [-0.2, 0) is 11.3 Å². The van der Waals surface area contributed by atoms with Crippen LogP contribution in [-0.4, -0.2) is 24.0 Å². The van der Waals surface area contributed by atoms with Crippen molar-refractivity contribution in [2.24, 2.45) is 0 Å². The van der Waals surface area contributed by atoms with Gasteiger partial charge in [-0.25, -0.2) is 4.98 Å². The van der Waals surface area contributed by atoms with Gasteiger partial charge in [0.1, 0.15) is 5.01 Å². The number of aryl methyl sites for hydroxylation is 1. The third-order valence-corrected chi connectivity index (χ3v) is 2.77. The molecule has 0 bridgehead atoms. The second kappa shape index (κ2) is 6.53. The summed E-state index contributed by atoms with van der Waals surface area (Å²) in [6, 6.07) is 0. The maximum Gasteiger partial charge on any atom is 0.233 e. The molecule has 0 aliphatic carbocycles. The Hall–Kier alpha value is -0.940. The number of aromatic nitrogens is 1. The van der Waals surface area contributed by atoms with Crippen molar-refractivity contribution in [3.05, 3.63) is 16.1 Å². The molecular formula is C10H17N3OS. The van der Waals surface area contributed by atoms with Crippen LogP contribution in [0.5, 0.6) is 0 Å². The van der Waals surface area contributed by atoms with Crippen LogP contribution in [0.4, 0.5) is 0 Å². The van der Waals surface area contributed by atoms with E-state index < -0.39 is 0 Å².